The van der Waals surface area contributed by atoms with Crippen LogP contribution in [0, 0.1) is 0 Å². The van der Waals surface area contributed by atoms with Gasteiger partial charge in [0.05, 0.1) is 12.6 Å². The zero-order chi connectivity index (χ0) is 18.9. The molecule has 25 heavy (non-hydrogen) atoms. The van der Waals surface area contributed by atoms with E-state index in [1.54, 1.807) is 0 Å². The number of methoxy groups -OCH3 is 1. The third-order valence-corrected chi connectivity index (χ3v) is 4.24. The molecular weight excluding hydrogens is 346 g/mol. The monoisotopic (exact) mass is 369 g/mol. The molecule has 0 aromatic carbocycles. The van der Waals surface area contributed by atoms with Gasteiger partial charge in [-0.1, -0.05) is 0 Å². The molecule has 2 rings (SSSR count). The molecule has 146 valence electrons. The SMILES string of the molecule is CO[C@H]1OC(CO)[C@@H](O[C@@H]2OC(C(=O)O)[C@H](O)[C@H](O)C2O)C(O)C1N. The maximum absolute atomic E-state index is 11.1. The Morgan fingerprint density at radius 2 is 1.68 bits per heavy atom. The first-order chi connectivity index (χ1) is 11.7. The summed E-state index contributed by atoms with van der Waals surface area (Å²) in [6.07, 6.45) is -14.0. The Hall–Kier alpha value is -0.930. The summed E-state index contributed by atoms with van der Waals surface area (Å²) in [6, 6.07) is -1.07. The van der Waals surface area contributed by atoms with Crippen molar-refractivity contribution in [1.82, 2.24) is 0 Å². The normalized spacial score (nSPS) is 48.3. The van der Waals surface area contributed by atoms with Crippen LogP contribution < -0.4 is 5.73 Å². The minimum Gasteiger partial charge on any atom is -0.479 e. The van der Waals surface area contributed by atoms with Crippen LogP contribution in [0.15, 0.2) is 0 Å². The minimum absolute atomic E-state index is 0.606. The fourth-order valence-corrected chi connectivity index (χ4v) is 2.79. The molecule has 12 heteroatoms. The van der Waals surface area contributed by atoms with Crippen molar-refractivity contribution in [2.24, 2.45) is 5.73 Å². The molecule has 0 spiro atoms. The molecule has 8 N–H and O–H groups in total. The molecule has 2 saturated heterocycles. The molecule has 0 aromatic heterocycles. The van der Waals surface area contributed by atoms with E-state index in [0.29, 0.717) is 0 Å². The third-order valence-electron chi connectivity index (χ3n) is 4.24. The average molecular weight is 369 g/mol. The zero-order valence-electron chi connectivity index (χ0n) is 13.3. The van der Waals surface area contributed by atoms with Gasteiger partial charge < -0.3 is 55.3 Å². The van der Waals surface area contributed by atoms with Crippen LogP contribution in [0.25, 0.3) is 0 Å². The highest BCUT2D eigenvalue weighted by Crippen LogP contribution is 2.28. The van der Waals surface area contributed by atoms with Crippen molar-refractivity contribution < 1.29 is 54.4 Å². The second kappa shape index (κ2) is 8.18. The smallest absolute Gasteiger partial charge is 0.335 e. The van der Waals surface area contributed by atoms with Crippen LogP contribution in [-0.4, -0.2) is 112 Å². The van der Waals surface area contributed by atoms with Gasteiger partial charge in [-0.05, 0) is 0 Å². The first-order valence-electron chi connectivity index (χ1n) is 7.53. The van der Waals surface area contributed by atoms with Crippen LogP contribution in [0.1, 0.15) is 0 Å². The van der Waals surface area contributed by atoms with Gasteiger partial charge in [0.15, 0.2) is 18.7 Å². The van der Waals surface area contributed by atoms with E-state index in [0.717, 1.165) is 0 Å². The van der Waals surface area contributed by atoms with Crippen molar-refractivity contribution in [1.29, 1.82) is 0 Å². The highest BCUT2D eigenvalue weighted by Gasteiger charge is 2.51. The van der Waals surface area contributed by atoms with Gasteiger partial charge in [-0.25, -0.2) is 4.79 Å². The maximum Gasteiger partial charge on any atom is 0.335 e. The summed E-state index contributed by atoms with van der Waals surface area (Å²) in [5.41, 5.74) is 5.76. The van der Waals surface area contributed by atoms with Gasteiger partial charge in [0.1, 0.15) is 36.6 Å². The number of hydrogen-bond donors (Lipinski definition) is 7. The van der Waals surface area contributed by atoms with E-state index in [1.807, 2.05) is 0 Å². The minimum atomic E-state index is -1.88. The van der Waals surface area contributed by atoms with Gasteiger partial charge >= 0.3 is 5.97 Å². The fraction of sp³-hybridized carbons (Fsp3) is 0.923. The number of aliphatic hydroxyl groups is 5. The lowest BCUT2D eigenvalue weighted by Gasteiger charge is -2.45. The first-order valence-corrected chi connectivity index (χ1v) is 7.53. The lowest BCUT2D eigenvalue weighted by atomic mass is 9.96. The van der Waals surface area contributed by atoms with Crippen molar-refractivity contribution in [3.8, 4) is 0 Å². The molecule has 0 saturated carbocycles. The van der Waals surface area contributed by atoms with Crippen molar-refractivity contribution >= 4 is 5.97 Å². The molecular formula is C13H23NO11. The summed E-state index contributed by atoms with van der Waals surface area (Å²) in [7, 11) is 1.29. The van der Waals surface area contributed by atoms with E-state index in [9.17, 15) is 30.3 Å². The third kappa shape index (κ3) is 3.93. The molecule has 0 aliphatic carbocycles. The topological polar surface area (TPSA) is 201 Å². The largest absolute Gasteiger partial charge is 0.479 e. The highest BCUT2D eigenvalue weighted by atomic mass is 16.7. The van der Waals surface area contributed by atoms with E-state index >= 15 is 0 Å². The Bertz CT molecular complexity index is 463. The van der Waals surface area contributed by atoms with Crippen LogP contribution in [0.5, 0.6) is 0 Å². The maximum atomic E-state index is 11.1. The summed E-state index contributed by atoms with van der Waals surface area (Å²) in [5, 5.41) is 58.1. The van der Waals surface area contributed by atoms with E-state index in [1.165, 1.54) is 7.11 Å². The lowest BCUT2D eigenvalue weighted by Crippen LogP contribution is -2.66. The van der Waals surface area contributed by atoms with Crippen molar-refractivity contribution in [3.63, 3.8) is 0 Å². The number of aliphatic carboxylic acids is 1. The van der Waals surface area contributed by atoms with Crippen LogP contribution in [0.2, 0.25) is 0 Å². The molecule has 0 amide bonds. The van der Waals surface area contributed by atoms with Gasteiger partial charge in [-0.15, -0.1) is 0 Å². The van der Waals surface area contributed by atoms with Crippen molar-refractivity contribution in [2.75, 3.05) is 13.7 Å². The van der Waals surface area contributed by atoms with Gasteiger partial charge in [0, 0.05) is 7.11 Å². The van der Waals surface area contributed by atoms with Crippen LogP contribution in [-0.2, 0) is 23.7 Å². The molecule has 2 fully saturated rings. The second-order valence-electron chi connectivity index (χ2n) is 5.86. The number of hydrogen-bond acceptors (Lipinski definition) is 11. The summed E-state index contributed by atoms with van der Waals surface area (Å²) in [6.45, 7) is -0.606. The fourth-order valence-electron chi connectivity index (χ4n) is 2.79. The number of carboxylic acids is 1. The molecule has 2 aliphatic heterocycles. The molecule has 12 nitrogen and oxygen atoms in total. The Morgan fingerprint density at radius 3 is 2.20 bits per heavy atom. The number of ether oxygens (including phenoxy) is 4. The average Bonchev–Trinajstić information content (AvgIpc) is 2.58. The summed E-state index contributed by atoms with van der Waals surface area (Å²) in [5.74, 6) is -1.58. The quantitative estimate of drug-likeness (QED) is 0.244. The lowest BCUT2D eigenvalue weighted by molar-refractivity contribution is -0.340. The summed E-state index contributed by atoms with van der Waals surface area (Å²) >= 11 is 0. The molecule has 10 atom stereocenters. The van der Waals surface area contributed by atoms with Gasteiger partial charge in [-0.2, -0.15) is 0 Å². The standard InChI is InChI=1S/C13H23NO11/c1-22-12-4(14)5(16)9(3(2-15)23-12)24-13-8(19)6(17)7(18)10(25-13)11(20)21/h3-10,12-13,15-19H,2,14H2,1H3,(H,20,21)/t3?,4?,5?,6-,7+,8?,9+,10?,12-,13+/m0/s1. The number of carbonyl (C=O) groups is 1. The van der Waals surface area contributed by atoms with E-state index < -0.39 is 73.9 Å². The Balaban J connectivity index is 2.16. The number of rotatable bonds is 5. The predicted molar refractivity (Wildman–Crippen MR) is 75.9 cm³/mol. The number of nitrogens with two attached hydrogens (primary N) is 1. The summed E-state index contributed by atoms with van der Waals surface area (Å²) in [4.78, 5) is 11.1. The summed E-state index contributed by atoms with van der Waals surface area (Å²) < 4.78 is 20.6. The van der Waals surface area contributed by atoms with Crippen LogP contribution >= 0.6 is 0 Å². The highest BCUT2D eigenvalue weighted by molar-refractivity contribution is 5.73. The van der Waals surface area contributed by atoms with E-state index in [-0.39, 0.29) is 0 Å². The molecule has 0 radical (unpaired) electrons. The predicted octanol–water partition coefficient (Wildman–Crippen LogP) is -4.68. The molecule has 5 unspecified atom stereocenters. The number of aliphatic hydroxyl groups excluding tert-OH is 5. The molecule has 0 aromatic rings. The van der Waals surface area contributed by atoms with Crippen LogP contribution in [0.3, 0.4) is 0 Å². The number of carboxylic acid groups (broad SMARTS) is 1. The van der Waals surface area contributed by atoms with Gasteiger partial charge in [0.25, 0.3) is 0 Å². The zero-order valence-corrected chi connectivity index (χ0v) is 13.3. The molecule has 0 bridgehead atoms. The van der Waals surface area contributed by atoms with E-state index in [2.05, 4.69) is 0 Å². The molecule has 2 aliphatic rings. The first kappa shape index (κ1) is 20.4. The molecule has 2 heterocycles. The Morgan fingerprint density at radius 1 is 1.04 bits per heavy atom. The Kier molecular flexibility index (Phi) is 6.67. The van der Waals surface area contributed by atoms with Crippen molar-refractivity contribution in [3.05, 3.63) is 0 Å². The van der Waals surface area contributed by atoms with E-state index in [4.69, 9.17) is 29.8 Å². The second-order valence-corrected chi connectivity index (χ2v) is 5.86. The van der Waals surface area contributed by atoms with Gasteiger partial charge in [0.2, 0.25) is 0 Å². The van der Waals surface area contributed by atoms with Crippen molar-refractivity contribution in [2.45, 2.75) is 61.3 Å². The Labute approximate surface area is 142 Å². The van der Waals surface area contributed by atoms with Gasteiger partial charge in [-0.3, -0.25) is 0 Å². The van der Waals surface area contributed by atoms with Crippen LogP contribution in [0.4, 0.5) is 0 Å².